The fraction of sp³-hybridized carbons (Fsp3) is 0.727. The summed E-state index contributed by atoms with van der Waals surface area (Å²) < 4.78 is 0. The van der Waals surface area contributed by atoms with Crippen molar-refractivity contribution in [1.82, 2.24) is 5.32 Å². The van der Waals surface area contributed by atoms with E-state index in [0.717, 1.165) is 6.54 Å². The summed E-state index contributed by atoms with van der Waals surface area (Å²) in [5, 5.41) is 3.41. The van der Waals surface area contributed by atoms with Crippen LogP contribution >= 0.6 is 11.8 Å². The molecule has 0 aliphatic carbocycles. The minimum Gasteiger partial charge on any atom is -0.354 e. The van der Waals surface area contributed by atoms with Crippen LogP contribution < -0.4 is 11.1 Å². The zero-order valence-corrected chi connectivity index (χ0v) is 9.69. The van der Waals surface area contributed by atoms with Crippen molar-refractivity contribution < 1.29 is 4.79 Å². The first-order chi connectivity index (χ1) is 7.24. The second kappa shape index (κ2) is 6.76. The number of hydrogen-bond acceptors (Lipinski definition) is 3. The molecule has 0 spiro atoms. The number of thioether (sulfide) groups is 1. The average Bonchev–Trinajstić information content (AvgIpc) is 2.27. The molecule has 15 heavy (non-hydrogen) atoms. The summed E-state index contributed by atoms with van der Waals surface area (Å²) in [5.74, 6) is 3.47. The molecule has 1 fully saturated rings. The summed E-state index contributed by atoms with van der Waals surface area (Å²) in [7, 11) is 0. The third-order valence-corrected chi connectivity index (χ3v) is 3.85. The second-order valence-electron chi connectivity index (χ2n) is 3.75. The first-order valence-corrected chi connectivity index (χ1v) is 6.37. The Morgan fingerprint density at radius 3 is 3.07 bits per heavy atom. The number of hydrogen-bond donors (Lipinski definition) is 2. The number of terminal acetylenes is 1. The molecule has 1 rings (SSSR count). The summed E-state index contributed by atoms with van der Waals surface area (Å²) in [6.07, 6.45) is 9.16. The maximum Gasteiger partial charge on any atom is 0.237 e. The lowest BCUT2D eigenvalue weighted by Crippen LogP contribution is -2.43. The molecule has 2 atom stereocenters. The highest BCUT2D eigenvalue weighted by atomic mass is 32.2. The van der Waals surface area contributed by atoms with Crippen molar-refractivity contribution in [3.63, 3.8) is 0 Å². The molecule has 0 aromatic rings. The van der Waals surface area contributed by atoms with Gasteiger partial charge >= 0.3 is 0 Å². The van der Waals surface area contributed by atoms with Gasteiger partial charge in [0.05, 0.1) is 6.04 Å². The monoisotopic (exact) mass is 226 g/mol. The van der Waals surface area contributed by atoms with Gasteiger partial charge in [-0.15, -0.1) is 12.3 Å². The summed E-state index contributed by atoms with van der Waals surface area (Å²) in [5.41, 5.74) is 5.58. The van der Waals surface area contributed by atoms with Crippen LogP contribution in [0.15, 0.2) is 0 Å². The second-order valence-corrected chi connectivity index (χ2v) is 5.16. The van der Waals surface area contributed by atoms with Crippen molar-refractivity contribution >= 4 is 17.7 Å². The van der Waals surface area contributed by atoms with Crippen molar-refractivity contribution in [3.05, 3.63) is 0 Å². The summed E-state index contributed by atoms with van der Waals surface area (Å²) >= 11 is 1.93. The van der Waals surface area contributed by atoms with Gasteiger partial charge in [0.1, 0.15) is 0 Å². The molecule has 0 aromatic carbocycles. The zero-order valence-electron chi connectivity index (χ0n) is 8.87. The molecule has 2 unspecified atom stereocenters. The molecule has 3 nitrogen and oxygen atoms in total. The van der Waals surface area contributed by atoms with Gasteiger partial charge in [0.2, 0.25) is 5.91 Å². The van der Waals surface area contributed by atoms with Crippen LogP contribution in [0.5, 0.6) is 0 Å². The largest absolute Gasteiger partial charge is 0.354 e. The Morgan fingerprint density at radius 1 is 1.67 bits per heavy atom. The molecular formula is C11H18N2OS. The standard InChI is InChI=1S/C11H18N2OS/c1-2-5-10(12)11(14)13-8-9-6-3-4-7-15-9/h1,9-10H,3-8,12H2,(H,13,14). The molecule has 1 saturated heterocycles. The number of carbonyl (C=O) groups excluding carboxylic acids is 1. The Hall–Kier alpha value is -0.660. The van der Waals surface area contributed by atoms with Gasteiger partial charge < -0.3 is 11.1 Å². The lowest BCUT2D eigenvalue weighted by molar-refractivity contribution is -0.122. The van der Waals surface area contributed by atoms with Gasteiger partial charge in [-0.1, -0.05) is 6.42 Å². The predicted molar refractivity (Wildman–Crippen MR) is 64.5 cm³/mol. The molecule has 0 aromatic heterocycles. The van der Waals surface area contributed by atoms with E-state index in [1.165, 1.54) is 25.0 Å². The Balaban J connectivity index is 2.18. The number of carbonyl (C=O) groups is 1. The third-order valence-electron chi connectivity index (χ3n) is 2.45. The van der Waals surface area contributed by atoms with Crippen LogP contribution in [0.4, 0.5) is 0 Å². The van der Waals surface area contributed by atoms with Crippen molar-refractivity contribution in [2.45, 2.75) is 37.0 Å². The van der Waals surface area contributed by atoms with Crippen molar-refractivity contribution in [3.8, 4) is 12.3 Å². The van der Waals surface area contributed by atoms with E-state index in [2.05, 4.69) is 11.2 Å². The normalized spacial score (nSPS) is 22.8. The van der Waals surface area contributed by atoms with Gasteiger partial charge in [0, 0.05) is 18.2 Å². The van der Waals surface area contributed by atoms with Crippen LogP contribution in [0, 0.1) is 12.3 Å². The van der Waals surface area contributed by atoms with E-state index in [1.807, 2.05) is 11.8 Å². The number of nitrogens with two attached hydrogens (primary N) is 1. The van der Waals surface area contributed by atoms with E-state index in [4.69, 9.17) is 12.2 Å². The van der Waals surface area contributed by atoms with Gasteiger partial charge in [-0.3, -0.25) is 4.79 Å². The molecule has 0 radical (unpaired) electrons. The SMILES string of the molecule is C#CCC(N)C(=O)NCC1CCCCS1. The highest BCUT2D eigenvalue weighted by Crippen LogP contribution is 2.24. The van der Waals surface area contributed by atoms with E-state index < -0.39 is 6.04 Å². The first-order valence-electron chi connectivity index (χ1n) is 5.32. The van der Waals surface area contributed by atoms with Gasteiger partial charge in [-0.25, -0.2) is 0 Å². The fourth-order valence-corrected chi connectivity index (χ4v) is 2.77. The van der Waals surface area contributed by atoms with Crippen molar-refractivity contribution in [1.29, 1.82) is 0 Å². The van der Waals surface area contributed by atoms with E-state index in [9.17, 15) is 4.79 Å². The smallest absolute Gasteiger partial charge is 0.237 e. The van der Waals surface area contributed by atoms with Crippen LogP contribution in [-0.4, -0.2) is 29.5 Å². The zero-order chi connectivity index (χ0) is 11.1. The minimum absolute atomic E-state index is 0.126. The van der Waals surface area contributed by atoms with E-state index >= 15 is 0 Å². The van der Waals surface area contributed by atoms with E-state index in [-0.39, 0.29) is 5.91 Å². The molecular weight excluding hydrogens is 208 g/mol. The molecule has 1 heterocycles. The van der Waals surface area contributed by atoms with Crippen LogP contribution in [0.3, 0.4) is 0 Å². The Kier molecular flexibility index (Phi) is 5.59. The lowest BCUT2D eigenvalue weighted by Gasteiger charge is -2.22. The summed E-state index contributed by atoms with van der Waals surface area (Å²) in [6.45, 7) is 0.724. The average molecular weight is 226 g/mol. The summed E-state index contributed by atoms with van der Waals surface area (Å²) in [4.78, 5) is 11.4. The van der Waals surface area contributed by atoms with Gasteiger partial charge in [0.25, 0.3) is 0 Å². The van der Waals surface area contributed by atoms with Gasteiger partial charge in [0.15, 0.2) is 0 Å². The van der Waals surface area contributed by atoms with E-state index in [1.54, 1.807) is 0 Å². The van der Waals surface area contributed by atoms with Gasteiger partial charge in [-0.2, -0.15) is 11.8 Å². The van der Waals surface area contributed by atoms with Crippen LogP contribution in [-0.2, 0) is 4.79 Å². The van der Waals surface area contributed by atoms with Crippen LogP contribution in [0.2, 0.25) is 0 Å². The highest BCUT2D eigenvalue weighted by Gasteiger charge is 2.17. The number of amides is 1. The molecule has 1 aliphatic rings. The van der Waals surface area contributed by atoms with Crippen LogP contribution in [0.25, 0.3) is 0 Å². The molecule has 4 heteroatoms. The maximum absolute atomic E-state index is 11.4. The van der Waals surface area contributed by atoms with Gasteiger partial charge in [-0.05, 0) is 18.6 Å². The first kappa shape index (κ1) is 12.4. The number of rotatable bonds is 4. The molecule has 1 amide bonds. The number of nitrogens with one attached hydrogen (secondary N) is 1. The van der Waals surface area contributed by atoms with Crippen molar-refractivity contribution in [2.75, 3.05) is 12.3 Å². The molecule has 0 bridgehead atoms. The summed E-state index contributed by atoms with van der Waals surface area (Å²) in [6, 6.07) is -0.552. The quantitative estimate of drug-likeness (QED) is 0.695. The van der Waals surface area contributed by atoms with Crippen molar-refractivity contribution in [2.24, 2.45) is 5.73 Å². The molecule has 1 aliphatic heterocycles. The molecule has 84 valence electrons. The molecule has 0 saturated carbocycles. The highest BCUT2D eigenvalue weighted by molar-refractivity contribution is 7.99. The predicted octanol–water partition coefficient (Wildman–Crippen LogP) is 0.739. The lowest BCUT2D eigenvalue weighted by atomic mass is 10.1. The molecule has 3 N–H and O–H groups in total. The Labute approximate surface area is 95.6 Å². The minimum atomic E-state index is -0.552. The van der Waals surface area contributed by atoms with E-state index in [0.29, 0.717) is 11.7 Å². The maximum atomic E-state index is 11.4. The fourth-order valence-electron chi connectivity index (χ4n) is 1.53. The Bertz CT molecular complexity index is 243. The third kappa shape index (κ3) is 4.59. The topological polar surface area (TPSA) is 55.1 Å². The Morgan fingerprint density at radius 2 is 2.47 bits per heavy atom. The van der Waals surface area contributed by atoms with Crippen LogP contribution in [0.1, 0.15) is 25.7 Å².